The number of rotatable bonds is 6. The van der Waals surface area contributed by atoms with Crippen molar-refractivity contribution in [3.8, 4) is 5.75 Å². The number of ether oxygens (including phenoxy) is 1. The molecule has 2 fully saturated rings. The Morgan fingerprint density at radius 1 is 0.889 bits per heavy atom. The molecule has 0 spiro atoms. The predicted molar refractivity (Wildman–Crippen MR) is 130 cm³/mol. The molecule has 0 aromatic heterocycles. The summed E-state index contributed by atoms with van der Waals surface area (Å²) in [5, 5.41) is 0. The van der Waals surface area contributed by atoms with E-state index in [1.54, 1.807) is 0 Å². The average Bonchev–Trinajstić information content (AvgIpc) is 3.32. The molecule has 4 rings (SSSR count). The molecule has 1 aliphatic carbocycles. The van der Waals surface area contributed by atoms with Crippen LogP contribution in [0.25, 0.3) is 0 Å². The van der Waals surface area contributed by atoms with Crippen LogP contribution in [0.5, 0.6) is 5.75 Å². The van der Waals surface area contributed by atoms with Crippen molar-refractivity contribution in [1.29, 1.82) is 0 Å². The van der Waals surface area contributed by atoms with Crippen molar-refractivity contribution in [1.82, 2.24) is 4.90 Å². The van der Waals surface area contributed by atoms with E-state index in [0.29, 0.717) is 5.75 Å². The molecule has 0 N–H and O–H groups in total. The average molecular weight is 543 g/mol. The number of carbonyl (C=O) groups excluding carboxylic acids is 1. The Morgan fingerprint density at radius 2 is 1.53 bits per heavy atom. The highest BCUT2D eigenvalue weighted by Crippen LogP contribution is 2.31. The second-order valence-electron chi connectivity index (χ2n) is 9.22. The van der Waals surface area contributed by atoms with Crippen LogP contribution in [0.4, 0.5) is 14.5 Å². The fourth-order valence-electron chi connectivity index (χ4n) is 4.57. The highest BCUT2D eigenvalue weighted by atomic mass is 32.2. The number of anilines is 1. The lowest BCUT2D eigenvalue weighted by atomic mass is 10.1. The van der Waals surface area contributed by atoms with Crippen molar-refractivity contribution < 1.29 is 35.1 Å². The Bertz CT molecular complexity index is 1380. The number of sulfone groups is 2. The van der Waals surface area contributed by atoms with Gasteiger partial charge < -0.3 is 14.5 Å². The third-order valence-electron chi connectivity index (χ3n) is 6.54. The maximum atomic E-state index is 14.7. The topological polar surface area (TPSA) is 101 Å². The highest BCUT2D eigenvalue weighted by molar-refractivity contribution is 7.91. The van der Waals surface area contributed by atoms with E-state index in [1.165, 1.54) is 34.1 Å². The molecule has 1 heterocycles. The second-order valence-corrected chi connectivity index (χ2v) is 13.2. The predicted octanol–water partition coefficient (Wildman–Crippen LogP) is 3.06. The number of hydrogen-bond acceptors (Lipinski definition) is 7. The molecule has 0 bridgehead atoms. The molecule has 36 heavy (non-hydrogen) atoms. The van der Waals surface area contributed by atoms with Crippen molar-refractivity contribution in [2.75, 3.05) is 43.6 Å². The Morgan fingerprint density at radius 3 is 2.11 bits per heavy atom. The van der Waals surface area contributed by atoms with Crippen molar-refractivity contribution >= 4 is 31.3 Å². The van der Waals surface area contributed by atoms with Crippen molar-refractivity contribution in [2.24, 2.45) is 0 Å². The smallest absolute Gasteiger partial charge is 0.257 e. The maximum absolute atomic E-state index is 14.7. The number of carbonyl (C=O) groups is 1. The zero-order valence-corrected chi connectivity index (χ0v) is 21.7. The molecular formula is C24H28F2N2O6S2. The summed E-state index contributed by atoms with van der Waals surface area (Å²) >= 11 is 0. The molecule has 196 valence electrons. The van der Waals surface area contributed by atoms with E-state index in [0.717, 1.165) is 44.3 Å². The standard InChI is InChI=1S/C24H28F2N2O6S2/c1-35(30,31)17-7-9-20(34-16-5-3-4-6-16)18(15-17)24(29)28-13-11-27(12-14-28)19-8-10-21(36(2,32)33)23(26)22(19)25/h7-10,15-16H,3-6,11-14H2,1-2H3. The first-order valence-corrected chi connectivity index (χ1v) is 15.4. The largest absolute Gasteiger partial charge is 0.490 e. The molecular weight excluding hydrogens is 514 g/mol. The summed E-state index contributed by atoms with van der Waals surface area (Å²) in [6.07, 6.45) is 5.61. The molecule has 0 atom stereocenters. The Kier molecular flexibility index (Phi) is 7.29. The number of piperazine rings is 1. The van der Waals surface area contributed by atoms with Gasteiger partial charge in [-0.25, -0.2) is 25.6 Å². The number of halogens is 2. The molecule has 0 radical (unpaired) electrons. The van der Waals surface area contributed by atoms with Gasteiger partial charge in [0.15, 0.2) is 31.3 Å². The zero-order chi connectivity index (χ0) is 26.3. The molecule has 1 saturated heterocycles. The fraction of sp³-hybridized carbons (Fsp3) is 0.458. The van der Waals surface area contributed by atoms with Gasteiger partial charge in [0.05, 0.1) is 22.3 Å². The van der Waals surface area contributed by atoms with Gasteiger partial charge in [0, 0.05) is 38.7 Å². The Hall–Kier alpha value is -2.73. The van der Waals surface area contributed by atoms with E-state index >= 15 is 0 Å². The van der Waals surface area contributed by atoms with Gasteiger partial charge in [-0.3, -0.25) is 4.79 Å². The van der Waals surface area contributed by atoms with Crippen LogP contribution in [0.3, 0.4) is 0 Å². The van der Waals surface area contributed by atoms with Gasteiger partial charge in [-0.1, -0.05) is 0 Å². The number of benzene rings is 2. The monoisotopic (exact) mass is 542 g/mol. The van der Waals surface area contributed by atoms with E-state index in [4.69, 9.17) is 4.74 Å². The minimum Gasteiger partial charge on any atom is -0.490 e. The summed E-state index contributed by atoms with van der Waals surface area (Å²) < 4.78 is 82.6. The second kappa shape index (κ2) is 9.97. The van der Waals surface area contributed by atoms with Crippen LogP contribution >= 0.6 is 0 Å². The van der Waals surface area contributed by atoms with Crippen LogP contribution in [-0.4, -0.2) is 72.4 Å². The molecule has 12 heteroatoms. The van der Waals surface area contributed by atoms with Crippen LogP contribution in [0.2, 0.25) is 0 Å². The summed E-state index contributed by atoms with van der Waals surface area (Å²) in [4.78, 5) is 15.8. The summed E-state index contributed by atoms with van der Waals surface area (Å²) in [5.41, 5.74) is 0.0596. The molecule has 2 aromatic rings. The molecule has 1 amide bonds. The van der Waals surface area contributed by atoms with Crippen LogP contribution < -0.4 is 9.64 Å². The minimum absolute atomic E-state index is 0.00627. The van der Waals surface area contributed by atoms with Gasteiger partial charge >= 0.3 is 0 Å². The Balaban J connectivity index is 1.54. The first kappa shape index (κ1) is 26.3. The van der Waals surface area contributed by atoms with Gasteiger partial charge in [-0.2, -0.15) is 0 Å². The van der Waals surface area contributed by atoms with E-state index in [9.17, 15) is 30.4 Å². The van der Waals surface area contributed by atoms with Crippen LogP contribution in [0.15, 0.2) is 40.1 Å². The third kappa shape index (κ3) is 5.49. The van der Waals surface area contributed by atoms with Crippen LogP contribution in [0, 0.1) is 11.6 Å². The summed E-state index contributed by atoms with van der Waals surface area (Å²) in [7, 11) is -7.48. The lowest BCUT2D eigenvalue weighted by Gasteiger charge is -2.36. The SMILES string of the molecule is CS(=O)(=O)c1ccc(OC2CCCC2)c(C(=O)N2CCN(c3ccc(S(C)(=O)=O)c(F)c3F)CC2)c1. The van der Waals surface area contributed by atoms with Gasteiger partial charge in [0.25, 0.3) is 5.91 Å². The third-order valence-corrected chi connectivity index (χ3v) is 8.76. The maximum Gasteiger partial charge on any atom is 0.257 e. The van der Waals surface area contributed by atoms with Gasteiger partial charge in [0.2, 0.25) is 0 Å². The van der Waals surface area contributed by atoms with Crippen LogP contribution in [0.1, 0.15) is 36.0 Å². The molecule has 2 aromatic carbocycles. The minimum atomic E-state index is -3.92. The quantitative estimate of drug-likeness (QED) is 0.553. The molecule has 2 aliphatic rings. The number of hydrogen-bond donors (Lipinski definition) is 0. The zero-order valence-electron chi connectivity index (χ0n) is 20.0. The first-order valence-electron chi connectivity index (χ1n) is 11.6. The van der Waals surface area contributed by atoms with E-state index < -0.39 is 42.1 Å². The van der Waals surface area contributed by atoms with Crippen molar-refractivity contribution in [3.63, 3.8) is 0 Å². The van der Waals surface area contributed by atoms with E-state index in [1.807, 2.05) is 0 Å². The highest BCUT2D eigenvalue weighted by Gasteiger charge is 2.29. The van der Waals surface area contributed by atoms with Crippen LogP contribution in [-0.2, 0) is 19.7 Å². The Labute approximate surface area is 209 Å². The lowest BCUT2D eigenvalue weighted by Crippen LogP contribution is -2.49. The molecule has 0 unspecified atom stereocenters. The molecule has 1 saturated carbocycles. The first-order chi connectivity index (χ1) is 16.9. The van der Waals surface area contributed by atoms with Gasteiger partial charge in [-0.15, -0.1) is 0 Å². The summed E-state index contributed by atoms with van der Waals surface area (Å²) in [5.74, 6) is -2.77. The fourth-order valence-corrected chi connectivity index (χ4v) is 5.95. The van der Waals surface area contributed by atoms with E-state index in [2.05, 4.69) is 0 Å². The normalized spacial score (nSPS) is 17.4. The molecule has 8 nitrogen and oxygen atoms in total. The number of amides is 1. The summed E-state index contributed by atoms with van der Waals surface area (Å²) in [6.45, 7) is 0.676. The van der Waals surface area contributed by atoms with Gasteiger partial charge in [-0.05, 0) is 56.0 Å². The summed E-state index contributed by atoms with van der Waals surface area (Å²) in [6, 6.07) is 6.51. The number of nitrogens with zero attached hydrogens (tertiary/aromatic N) is 2. The van der Waals surface area contributed by atoms with E-state index in [-0.39, 0.29) is 48.4 Å². The van der Waals surface area contributed by atoms with Crippen molar-refractivity contribution in [3.05, 3.63) is 47.5 Å². The van der Waals surface area contributed by atoms with Gasteiger partial charge in [0.1, 0.15) is 10.6 Å². The molecule has 1 aliphatic heterocycles. The lowest BCUT2D eigenvalue weighted by molar-refractivity contribution is 0.0738. The van der Waals surface area contributed by atoms with Crippen molar-refractivity contribution in [2.45, 2.75) is 41.6 Å².